The van der Waals surface area contributed by atoms with Crippen LogP contribution in [0, 0.1) is 5.82 Å². The molecular formula is C21H24FN3O3. The van der Waals surface area contributed by atoms with Crippen LogP contribution in [0.15, 0.2) is 48.5 Å². The van der Waals surface area contributed by atoms with Gasteiger partial charge in [0.25, 0.3) is 0 Å². The van der Waals surface area contributed by atoms with E-state index in [2.05, 4.69) is 10.2 Å². The van der Waals surface area contributed by atoms with Crippen molar-refractivity contribution in [1.82, 2.24) is 10.2 Å². The first kappa shape index (κ1) is 19.7. The highest BCUT2D eigenvalue weighted by Gasteiger charge is 2.25. The lowest BCUT2D eigenvalue weighted by Crippen LogP contribution is -2.52. The molecule has 28 heavy (non-hydrogen) atoms. The minimum absolute atomic E-state index is 0.276. The summed E-state index contributed by atoms with van der Waals surface area (Å²) in [4.78, 5) is 28.2. The molecule has 0 atom stereocenters. The zero-order chi connectivity index (χ0) is 19.9. The number of rotatable bonds is 5. The van der Waals surface area contributed by atoms with Crippen molar-refractivity contribution in [1.29, 1.82) is 0 Å². The van der Waals surface area contributed by atoms with E-state index in [0.29, 0.717) is 39.1 Å². The van der Waals surface area contributed by atoms with Gasteiger partial charge >= 0.3 is 11.8 Å². The quantitative estimate of drug-likeness (QED) is 0.798. The molecule has 3 rings (SSSR count). The van der Waals surface area contributed by atoms with Crippen LogP contribution in [0.5, 0.6) is 5.75 Å². The second kappa shape index (κ2) is 9.21. The minimum atomic E-state index is -0.592. The van der Waals surface area contributed by atoms with Crippen LogP contribution in [0.2, 0.25) is 0 Å². The zero-order valence-electron chi connectivity index (χ0n) is 15.9. The van der Waals surface area contributed by atoms with Gasteiger partial charge in [-0.1, -0.05) is 18.2 Å². The summed E-state index contributed by atoms with van der Waals surface area (Å²) >= 11 is 0. The molecule has 0 spiro atoms. The van der Waals surface area contributed by atoms with Crippen LogP contribution in [-0.2, 0) is 16.0 Å². The van der Waals surface area contributed by atoms with Crippen LogP contribution >= 0.6 is 0 Å². The van der Waals surface area contributed by atoms with E-state index in [1.807, 2.05) is 24.3 Å². The highest BCUT2D eigenvalue weighted by atomic mass is 19.1. The molecular weight excluding hydrogens is 361 g/mol. The molecule has 1 saturated heterocycles. The van der Waals surface area contributed by atoms with Crippen molar-refractivity contribution in [2.75, 3.05) is 44.7 Å². The van der Waals surface area contributed by atoms with Crippen molar-refractivity contribution in [2.45, 2.75) is 6.42 Å². The number of hydrogen-bond donors (Lipinski definition) is 1. The molecule has 1 fully saturated rings. The normalized spacial score (nSPS) is 13.9. The van der Waals surface area contributed by atoms with Crippen molar-refractivity contribution in [2.24, 2.45) is 0 Å². The SMILES string of the molecule is COc1ccccc1CCNC(=O)C(=O)N1CCN(c2ccc(F)cc2)CC1. The van der Waals surface area contributed by atoms with Gasteiger partial charge in [0.2, 0.25) is 0 Å². The number of halogens is 1. The van der Waals surface area contributed by atoms with Gasteiger partial charge in [-0.3, -0.25) is 9.59 Å². The van der Waals surface area contributed by atoms with E-state index in [0.717, 1.165) is 17.0 Å². The second-order valence-electron chi connectivity index (χ2n) is 6.57. The molecule has 0 aliphatic carbocycles. The maximum absolute atomic E-state index is 13.0. The molecule has 0 aromatic heterocycles. The monoisotopic (exact) mass is 385 g/mol. The van der Waals surface area contributed by atoms with Crippen molar-refractivity contribution in [3.63, 3.8) is 0 Å². The molecule has 0 radical (unpaired) electrons. The van der Waals surface area contributed by atoms with Crippen molar-refractivity contribution < 1.29 is 18.7 Å². The second-order valence-corrected chi connectivity index (χ2v) is 6.57. The lowest BCUT2D eigenvalue weighted by Gasteiger charge is -2.35. The Balaban J connectivity index is 1.45. The smallest absolute Gasteiger partial charge is 0.312 e. The average Bonchev–Trinajstić information content (AvgIpc) is 2.74. The number of methoxy groups -OCH3 is 1. The Kier molecular flexibility index (Phi) is 6.47. The van der Waals surface area contributed by atoms with Crippen LogP contribution in [0.1, 0.15) is 5.56 Å². The van der Waals surface area contributed by atoms with Crippen molar-refractivity contribution in [3.8, 4) is 5.75 Å². The summed E-state index contributed by atoms with van der Waals surface area (Å²) in [5.41, 5.74) is 1.89. The molecule has 7 heteroatoms. The standard InChI is InChI=1S/C21H24FN3O3/c1-28-19-5-3-2-4-16(19)10-11-23-20(26)21(27)25-14-12-24(13-15-25)18-8-6-17(22)7-9-18/h2-9H,10-15H2,1H3,(H,23,26). The fraction of sp³-hybridized carbons (Fsp3) is 0.333. The number of para-hydroxylation sites is 1. The predicted molar refractivity (Wildman–Crippen MR) is 105 cm³/mol. The van der Waals surface area contributed by atoms with Crippen LogP contribution in [0.3, 0.4) is 0 Å². The van der Waals surface area contributed by atoms with Crippen LogP contribution in [0.4, 0.5) is 10.1 Å². The Morgan fingerprint density at radius 2 is 1.71 bits per heavy atom. The average molecular weight is 385 g/mol. The fourth-order valence-corrected chi connectivity index (χ4v) is 3.26. The molecule has 0 saturated carbocycles. The molecule has 1 heterocycles. The van der Waals surface area contributed by atoms with Crippen LogP contribution in [0.25, 0.3) is 0 Å². The van der Waals surface area contributed by atoms with E-state index in [-0.39, 0.29) is 5.82 Å². The fourth-order valence-electron chi connectivity index (χ4n) is 3.26. The predicted octanol–water partition coefficient (Wildman–Crippen LogP) is 1.84. The number of nitrogens with one attached hydrogen (secondary N) is 1. The minimum Gasteiger partial charge on any atom is -0.496 e. The van der Waals surface area contributed by atoms with E-state index in [9.17, 15) is 14.0 Å². The molecule has 0 bridgehead atoms. The highest BCUT2D eigenvalue weighted by molar-refractivity contribution is 6.35. The number of hydrogen-bond acceptors (Lipinski definition) is 4. The van der Waals surface area contributed by atoms with E-state index in [1.54, 1.807) is 24.1 Å². The van der Waals surface area contributed by atoms with E-state index >= 15 is 0 Å². The van der Waals surface area contributed by atoms with Gasteiger partial charge in [0, 0.05) is 38.4 Å². The van der Waals surface area contributed by atoms with Crippen LogP contribution < -0.4 is 15.0 Å². The van der Waals surface area contributed by atoms with Crippen LogP contribution in [-0.4, -0.2) is 56.5 Å². The lowest BCUT2D eigenvalue weighted by atomic mass is 10.1. The van der Waals surface area contributed by atoms with Gasteiger partial charge in [0.1, 0.15) is 11.6 Å². The summed E-state index contributed by atoms with van der Waals surface area (Å²) < 4.78 is 18.3. The Hall–Kier alpha value is -3.09. The topological polar surface area (TPSA) is 61.9 Å². The Morgan fingerprint density at radius 3 is 2.39 bits per heavy atom. The van der Waals surface area contributed by atoms with Crippen molar-refractivity contribution in [3.05, 3.63) is 59.9 Å². The molecule has 2 aromatic carbocycles. The molecule has 1 aliphatic rings. The Morgan fingerprint density at radius 1 is 1.04 bits per heavy atom. The number of carbonyl (C=O) groups excluding carboxylic acids is 2. The van der Waals surface area contributed by atoms with Gasteiger partial charge in [-0.2, -0.15) is 0 Å². The number of amides is 2. The number of piperazine rings is 1. The molecule has 2 aromatic rings. The molecule has 6 nitrogen and oxygen atoms in total. The first-order valence-electron chi connectivity index (χ1n) is 9.28. The number of anilines is 1. The summed E-state index contributed by atoms with van der Waals surface area (Å²) in [6.07, 6.45) is 0.585. The van der Waals surface area contributed by atoms with Gasteiger partial charge in [0.15, 0.2) is 0 Å². The third-order valence-electron chi connectivity index (χ3n) is 4.83. The number of benzene rings is 2. The van der Waals surface area contributed by atoms with Gasteiger partial charge in [-0.05, 0) is 42.3 Å². The summed E-state index contributed by atoms with van der Waals surface area (Å²) in [7, 11) is 1.60. The largest absolute Gasteiger partial charge is 0.496 e. The Labute approximate surface area is 163 Å². The molecule has 2 amide bonds. The lowest BCUT2D eigenvalue weighted by molar-refractivity contribution is -0.146. The van der Waals surface area contributed by atoms with Crippen molar-refractivity contribution >= 4 is 17.5 Å². The highest BCUT2D eigenvalue weighted by Crippen LogP contribution is 2.18. The molecule has 1 aliphatic heterocycles. The first-order chi connectivity index (χ1) is 13.6. The molecule has 148 valence electrons. The van der Waals surface area contributed by atoms with Gasteiger partial charge in [0.05, 0.1) is 7.11 Å². The Bertz CT molecular complexity index is 818. The van der Waals surface area contributed by atoms with E-state index in [4.69, 9.17) is 4.74 Å². The third-order valence-corrected chi connectivity index (χ3v) is 4.83. The molecule has 0 unspecified atom stereocenters. The maximum atomic E-state index is 13.0. The van der Waals surface area contributed by atoms with Gasteiger partial charge in [-0.25, -0.2) is 4.39 Å². The number of ether oxygens (including phenoxy) is 1. The van der Waals surface area contributed by atoms with Gasteiger partial charge in [-0.15, -0.1) is 0 Å². The summed E-state index contributed by atoms with van der Waals surface area (Å²) in [5, 5.41) is 2.69. The molecule has 1 N–H and O–H groups in total. The van der Waals surface area contributed by atoms with Gasteiger partial charge < -0.3 is 19.9 Å². The maximum Gasteiger partial charge on any atom is 0.312 e. The van der Waals surface area contributed by atoms with E-state index in [1.165, 1.54) is 12.1 Å². The number of nitrogens with zero attached hydrogens (tertiary/aromatic N) is 2. The number of carbonyl (C=O) groups is 2. The third kappa shape index (κ3) is 4.79. The summed E-state index contributed by atoms with van der Waals surface area (Å²) in [5.74, 6) is -0.619. The summed E-state index contributed by atoms with van der Waals surface area (Å²) in [6, 6.07) is 13.9. The summed E-state index contributed by atoms with van der Waals surface area (Å²) in [6.45, 7) is 2.48. The zero-order valence-corrected chi connectivity index (χ0v) is 15.9. The van der Waals surface area contributed by atoms with E-state index < -0.39 is 11.8 Å². The first-order valence-corrected chi connectivity index (χ1v) is 9.28.